The number of amides is 1. The summed E-state index contributed by atoms with van der Waals surface area (Å²) in [5.74, 6) is 0.911. The van der Waals surface area contributed by atoms with Gasteiger partial charge in [0.1, 0.15) is 5.75 Å². The van der Waals surface area contributed by atoms with Crippen LogP contribution in [0.2, 0.25) is 10.0 Å². The second kappa shape index (κ2) is 8.57. The first-order chi connectivity index (χ1) is 14.0. The molecule has 2 aromatic carbocycles. The fourth-order valence-electron chi connectivity index (χ4n) is 4.77. The van der Waals surface area contributed by atoms with Crippen LogP contribution in [0.1, 0.15) is 62.5 Å². The predicted molar refractivity (Wildman–Crippen MR) is 119 cm³/mol. The van der Waals surface area contributed by atoms with Crippen molar-refractivity contribution in [3.63, 3.8) is 0 Å². The molecule has 0 spiro atoms. The molecule has 0 aliphatic heterocycles. The molecule has 0 unspecified atom stereocenters. The topological polar surface area (TPSA) is 38.3 Å². The molecule has 2 aliphatic rings. The van der Waals surface area contributed by atoms with Gasteiger partial charge < -0.3 is 10.1 Å². The lowest BCUT2D eigenvalue weighted by molar-refractivity contribution is -0.121. The molecule has 0 radical (unpaired) electrons. The van der Waals surface area contributed by atoms with Crippen LogP contribution in [0.3, 0.4) is 0 Å². The Hall–Kier alpha value is -1.71. The van der Waals surface area contributed by atoms with Gasteiger partial charge in [-0.3, -0.25) is 4.79 Å². The van der Waals surface area contributed by atoms with Crippen LogP contribution >= 0.6 is 23.2 Å². The van der Waals surface area contributed by atoms with E-state index in [9.17, 15) is 4.79 Å². The maximum absolute atomic E-state index is 13.4. The van der Waals surface area contributed by atoms with E-state index in [4.69, 9.17) is 27.9 Å². The number of nitrogens with one attached hydrogen (secondary N) is 1. The molecular formula is C24H27Cl2NO2. The van der Waals surface area contributed by atoms with E-state index < -0.39 is 5.41 Å². The average molecular weight is 432 g/mol. The van der Waals surface area contributed by atoms with Crippen molar-refractivity contribution in [2.45, 2.75) is 69.8 Å². The van der Waals surface area contributed by atoms with Crippen molar-refractivity contribution in [1.29, 1.82) is 0 Å². The van der Waals surface area contributed by atoms with Crippen molar-refractivity contribution in [3.05, 3.63) is 57.6 Å². The summed E-state index contributed by atoms with van der Waals surface area (Å²) in [5, 5.41) is 4.29. The largest absolute Gasteiger partial charge is 0.490 e. The quantitative estimate of drug-likeness (QED) is 0.549. The second-order valence-corrected chi connectivity index (χ2v) is 9.22. The van der Waals surface area contributed by atoms with Crippen LogP contribution in [0.25, 0.3) is 0 Å². The number of carbonyl (C=O) groups is 1. The molecule has 0 bridgehead atoms. The molecule has 2 saturated carbocycles. The monoisotopic (exact) mass is 431 g/mol. The highest BCUT2D eigenvalue weighted by atomic mass is 35.5. The molecule has 1 amide bonds. The van der Waals surface area contributed by atoms with Gasteiger partial charge in [0.25, 0.3) is 0 Å². The molecule has 29 heavy (non-hydrogen) atoms. The minimum absolute atomic E-state index is 0.00286. The summed E-state index contributed by atoms with van der Waals surface area (Å²) < 4.78 is 6.14. The highest BCUT2D eigenvalue weighted by Gasteiger charge is 2.44. The SMILES string of the molecule is Cc1cc(NC(=O)C2(c3ccc(Cl)cc3Cl)CCCC2)ccc1OC1CCCC1. The first-order valence-corrected chi connectivity index (χ1v) is 11.3. The molecule has 0 heterocycles. The number of aryl methyl sites for hydroxylation is 1. The van der Waals surface area contributed by atoms with E-state index >= 15 is 0 Å². The summed E-state index contributed by atoms with van der Waals surface area (Å²) in [5.41, 5.74) is 2.10. The molecular weight excluding hydrogens is 405 g/mol. The van der Waals surface area contributed by atoms with Gasteiger partial charge in [-0.05, 0) is 86.9 Å². The molecule has 0 atom stereocenters. The summed E-state index contributed by atoms with van der Waals surface area (Å²) in [4.78, 5) is 13.4. The summed E-state index contributed by atoms with van der Waals surface area (Å²) in [6, 6.07) is 11.3. The molecule has 5 heteroatoms. The van der Waals surface area contributed by atoms with Crippen molar-refractivity contribution in [2.24, 2.45) is 0 Å². The van der Waals surface area contributed by atoms with Crippen LogP contribution in [0.5, 0.6) is 5.75 Å². The minimum Gasteiger partial charge on any atom is -0.490 e. The summed E-state index contributed by atoms with van der Waals surface area (Å²) in [6.07, 6.45) is 8.68. The molecule has 0 saturated heterocycles. The van der Waals surface area contributed by atoms with Gasteiger partial charge in [0.15, 0.2) is 0 Å². The Balaban J connectivity index is 1.54. The number of hydrogen-bond donors (Lipinski definition) is 1. The normalized spacial score (nSPS) is 18.7. The van der Waals surface area contributed by atoms with Gasteiger partial charge in [0.05, 0.1) is 11.5 Å². The van der Waals surface area contributed by atoms with Gasteiger partial charge in [-0.25, -0.2) is 0 Å². The number of hydrogen-bond acceptors (Lipinski definition) is 2. The number of ether oxygens (including phenoxy) is 1. The average Bonchev–Trinajstić information content (AvgIpc) is 3.36. The maximum Gasteiger partial charge on any atom is 0.235 e. The van der Waals surface area contributed by atoms with E-state index in [1.165, 1.54) is 12.8 Å². The third-order valence-electron chi connectivity index (χ3n) is 6.37. The van der Waals surface area contributed by atoms with Crippen molar-refractivity contribution in [3.8, 4) is 5.75 Å². The third kappa shape index (κ3) is 4.27. The zero-order valence-corrected chi connectivity index (χ0v) is 18.3. The predicted octanol–water partition coefficient (Wildman–Crippen LogP) is 7.07. The molecule has 1 N–H and O–H groups in total. The highest BCUT2D eigenvalue weighted by Crippen LogP contribution is 2.45. The Morgan fingerprint density at radius 2 is 1.76 bits per heavy atom. The minimum atomic E-state index is -0.603. The number of halogens is 2. The lowest BCUT2D eigenvalue weighted by Gasteiger charge is -2.29. The number of benzene rings is 2. The van der Waals surface area contributed by atoms with E-state index in [1.807, 2.05) is 37.3 Å². The Kier molecular flexibility index (Phi) is 6.08. The Bertz CT molecular complexity index is 900. The van der Waals surface area contributed by atoms with Crippen molar-refractivity contribution in [2.75, 3.05) is 5.32 Å². The molecule has 0 aromatic heterocycles. The van der Waals surface area contributed by atoms with Gasteiger partial charge >= 0.3 is 0 Å². The van der Waals surface area contributed by atoms with Gasteiger partial charge in [0.2, 0.25) is 5.91 Å². The van der Waals surface area contributed by atoms with Crippen molar-refractivity contribution < 1.29 is 9.53 Å². The molecule has 4 rings (SSSR count). The van der Waals surface area contributed by atoms with E-state index in [1.54, 1.807) is 6.07 Å². The molecule has 2 fully saturated rings. The molecule has 154 valence electrons. The molecule has 2 aromatic rings. The fraction of sp³-hybridized carbons (Fsp3) is 0.458. The summed E-state index contributed by atoms with van der Waals surface area (Å²) in [7, 11) is 0. The van der Waals surface area contributed by atoms with Gasteiger partial charge in [-0.1, -0.05) is 42.1 Å². The lowest BCUT2D eigenvalue weighted by Crippen LogP contribution is -2.38. The van der Waals surface area contributed by atoms with Crippen LogP contribution in [0.4, 0.5) is 5.69 Å². The van der Waals surface area contributed by atoms with E-state index in [-0.39, 0.29) is 5.91 Å². The van der Waals surface area contributed by atoms with Crippen LogP contribution in [0, 0.1) is 6.92 Å². The summed E-state index contributed by atoms with van der Waals surface area (Å²) in [6.45, 7) is 2.03. The first-order valence-electron chi connectivity index (χ1n) is 10.5. The number of anilines is 1. The summed E-state index contributed by atoms with van der Waals surface area (Å²) >= 11 is 12.6. The van der Waals surface area contributed by atoms with Crippen molar-refractivity contribution >= 4 is 34.8 Å². The van der Waals surface area contributed by atoms with E-state index in [2.05, 4.69) is 5.32 Å². The van der Waals surface area contributed by atoms with Crippen LogP contribution in [0.15, 0.2) is 36.4 Å². The van der Waals surface area contributed by atoms with Crippen LogP contribution in [-0.4, -0.2) is 12.0 Å². The molecule has 3 nitrogen and oxygen atoms in total. The smallest absolute Gasteiger partial charge is 0.235 e. The fourth-order valence-corrected chi connectivity index (χ4v) is 5.36. The standard InChI is InChI=1S/C24H27Cl2NO2/c1-16-14-18(9-11-22(16)29-19-6-2-3-7-19)27-23(28)24(12-4-5-13-24)20-10-8-17(25)15-21(20)26/h8-11,14-15,19H,2-7,12-13H2,1H3,(H,27,28). The third-order valence-corrected chi connectivity index (χ3v) is 6.91. The Morgan fingerprint density at radius 1 is 1.03 bits per heavy atom. The van der Waals surface area contributed by atoms with Crippen LogP contribution in [-0.2, 0) is 10.2 Å². The first kappa shape index (κ1) is 20.6. The zero-order valence-electron chi connectivity index (χ0n) is 16.8. The van der Waals surface area contributed by atoms with Gasteiger partial charge in [0, 0.05) is 15.7 Å². The zero-order chi connectivity index (χ0) is 20.4. The van der Waals surface area contributed by atoms with Gasteiger partial charge in [-0.2, -0.15) is 0 Å². The Morgan fingerprint density at radius 3 is 2.41 bits per heavy atom. The number of carbonyl (C=O) groups excluding carboxylic acids is 1. The lowest BCUT2D eigenvalue weighted by atomic mass is 9.78. The van der Waals surface area contributed by atoms with Gasteiger partial charge in [-0.15, -0.1) is 0 Å². The van der Waals surface area contributed by atoms with E-state index in [0.717, 1.165) is 61.1 Å². The maximum atomic E-state index is 13.4. The molecule has 2 aliphatic carbocycles. The highest BCUT2D eigenvalue weighted by molar-refractivity contribution is 6.35. The Labute approximate surface area is 182 Å². The van der Waals surface area contributed by atoms with Crippen molar-refractivity contribution in [1.82, 2.24) is 0 Å². The van der Waals surface area contributed by atoms with Crippen LogP contribution < -0.4 is 10.1 Å². The van der Waals surface area contributed by atoms with E-state index in [0.29, 0.717) is 16.1 Å². The number of rotatable bonds is 5. The second-order valence-electron chi connectivity index (χ2n) is 8.37.